The lowest BCUT2D eigenvalue weighted by Crippen LogP contribution is -2.21. The minimum absolute atomic E-state index is 0.00294. The minimum atomic E-state index is -0.283. The number of hydrogen-bond donors (Lipinski definition) is 3. The maximum atomic E-state index is 11.3. The number of phenols is 1. The van der Waals surface area contributed by atoms with Gasteiger partial charge in [0.05, 0.1) is 5.02 Å². The third-order valence-electron chi connectivity index (χ3n) is 2.00. The van der Waals surface area contributed by atoms with Crippen molar-refractivity contribution in [3.63, 3.8) is 0 Å². The van der Waals surface area contributed by atoms with Gasteiger partial charge in [0, 0.05) is 0 Å². The Morgan fingerprint density at radius 1 is 1.38 bits per heavy atom. The molecule has 82 valence electrons. The van der Waals surface area contributed by atoms with Gasteiger partial charge in [-0.2, -0.15) is 0 Å². The number of hydrogen-bond acceptors (Lipinski definition) is 3. The third-order valence-corrected chi connectivity index (χ3v) is 2.51. The lowest BCUT2D eigenvalue weighted by atomic mass is 10.2. The fraction of sp³-hybridized carbons (Fsp3) is 0. The summed E-state index contributed by atoms with van der Waals surface area (Å²) in [6.45, 7) is 0. The lowest BCUT2D eigenvalue weighted by Gasteiger charge is -1.99. The SMILES string of the molecule is O=C1NC(=S)N/C1=C/c1ccc(O)c(Cl)c1. The van der Waals surface area contributed by atoms with E-state index in [1.165, 1.54) is 6.07 Å². The fourth-order valence-corrected chi connectivity index (χ4v) is 1.65. The molecular weight excluding hydrogens is 248 g/mol. The largest absolute Gasteiger partial charge is 0.506 e. The van der Waals surface area contributed by atoms with Crippen LogP contribution in [0.15, 0.2) is 23.9 Å². The van der Waals surface area contributed by atoms with E-state index in [9.17, 15) is 9.90 Å². The molecule has 0 aliphatic carbocycles. The summed E-state index contributed by atoms with van der Waals surface area (Å²) in [5.41, 5.74) is 1.05. The van der Waals surface area contributed by atoms with Crippen molar-refractivity contribution >= 4 is 40.9 Å². The minimum Gasteiger partial charge on any atom is -0.506 e. The summed E-state index contributed by atoms with van der Waals surface area (Å²) in [5, 5.41) is 14.9. The quantitative estimate of drug-likeness (QED) is 0.524. The van der Waals surface area contributed by atoms with E-state index in [0.29, 0.717) is 11.3 Å². The third kappa shape index (κ3) is 2.15. The average molecular weight is 255 g/mol. The molecule has 0 atom stereocenters. The number of amides is 1. The molecule has 6 heteroatoms. The zero-order valence-electron chi connectivity index (χ0n) is 7.95. The van der Waals surface area contributed by atoms with Gasteiger partial charge in [0.2, 0.25) is 0 Å². The van der Waals surface area contributed by atoms with E-state index >= 15 is 0 Å². The molecule has 4 nitrogen and oxygen atoms in total. The van der Waals surface area contributed by atoms with Crippen LogP contribution in [-0.2, 0) is 4.79 Å². The molecule has 0 aromatic heterocycles. The molecule has 0 saturated carbocycles. The van der Waals surface area contributed by atoms with Gasteiger partial charge in [-0.1, -0.05) is 17.7 Å². The van der Waals surface area contributed by atoms with Gasteiger partial charge in [-0.15, -0.1) is 0 Å². The summed E-state index contributed by atoms with van der Waals surface area (Å²) in [4.78, 5) is 11.3. The summed E-state index contributed by atoms with van der Waals surface area (Å²) in [6.07, 6.45) is 1.60. The van der Waals surface area contributed by atoms with E-state index in [4.69, 9.17) is 23.8 Å². The number of rotatable bonds is 1. The van der Waals surface area contributed by atoms with Crippen LogP contribution in [0.25, 0.3) is 6.08 Å². The second-order valence-corrected chi connectivity index (χ2v) is 3.99. The van der Waals surface area contributed by atoms with Gasteiger partial charge in [0.15, 0.2) is 5.11 Å². The first-order valence-electron chi connectivity index (χ1n) is 4.39. The predicted octanol–water partition coefficient (Wildman–Crippen LogP) is 1.39. The highest BCUT2D eigenvalue weighted by Crippen LogP contribution is 2.24. The van der Waals surface area contributed by atoms with E-state index in [1.807, 2.05) is 0 Å². The fourth-order valence-electron chi connectivity index (χ4n) is 1.26. The second-order valence-electron chi connectivity index (χ2n) is 3.18. The van der Waals surface area contributed by atoms with E-state index in [1.54, 1.807) is 18.2 Å². The van der Waals surface area contributed by atoms with Crippen molar-refractivity contribution in [2.45, 2.75) is 0 Å². The van der Waals surface area contributed by atoms with Crippen LogP contribution in [0.5, 0.6) is 5.75 Å². The Hall–Kier alpha value is -1.59. The van der Waals surface area contributed by atoms with Gasteiger partial charge in [0.25, 0.3) is 5.91 Å². The number of halogens is 1. The lowest BCUT2D eigenvalue weighted by molar-refractivity contribution is -0.115. The summed E-state index contributed by atoms with van der Waals surface area (Å²) >= 11 is 10.5. The van der Waals surface area contributed by atoms with Gasteiger partial charge in [-0.3, -0.25) is 10.1 Å². The van der Waals surface area contributed by atoms with Gasteiger partial charge in [0.1, 0.15) is 11.4 Å². The van der Waals surface area contributed by atoms with E-state index in [0.717, 1.165) is 0 Å². The second kappa shape index (κ2) is 4.11. The van der Waals surface area contributed by atoms with Gasteiger partial charge >= 0.3 is 0 Å². The molecule has 0 spiro atoms. The molecule has 3 N–H and O–H groups in total. The van der Waals surface area contributed by atoms with Crippen LogP contribution in [0.1, 0.15) is 5.56 Å². The van der Waals surface area contributed by atoms with Crippen molar-refractivity contribution in [2.75, 3.05) is 0 Å². The summed E-state index contributed by atoms with van der Waals surface area (Å²) in [6, 6.07) is 4.66. The molecule has 2 rings (SSSR count). The van der Waals surface area contributed by atoms with Gasteiger partial charge in [-0.25, -0.2) is 0 Å². The Kier molecular flexibility index (Phi) is 2.80. The Balaban J connectivity index is 2.32. The first-order chi connectivity index (χ1) is 7.56. The van der Waals surface area contributed by atoms with Crippen molar-refractivity contribution in [3.05, 3.63) is 34.5 Å². The average Bonchev–Trinajstić information content (AvgIpc) is 2.51. The van der Waals surface area contributed by atoms with E-state index in [2.05, 4.69) is 10.6 Å². The first-order valence-corrected chi connectivity index (χ1v) is 5.17. The van der Waals surface area contributed by atoms with Gasteiger partial charge < -0.3 is 10.4 Å². The molecule has 0 unspecified atom stereocenters. The van der Waals surface area contributed by atoms with Crippen molar-refractivity contribution in [1.82, 2.24) is 10.6 Å². The number of benzene rings is 1. The molecule has 1 amide bonds. The van der Waals surface area contributed by atoms with Crippen LogP contribution in [0.3, 0.4) is 0 Å². The molecular formula is C10H7ClN2O2S. The number of carbonyl (C=O) groups excluding carboxylic acids is 1. The van der Waals surface area contributed by atoms with Crippen LogP contribution in [0.4, 0.5) is 0 Å². The molecule has 1 aliphatic heterocycles. The van der Waals surface area contributed by atoms with Crippen molar-refractivity contribution < 1.29 is 9.90 Å². The van der Waals surface area contributed by atoms with Crippen molar-refractivity contribution in [2.24, 2.45) is 0 Å². The smallest absolute Gasteiger partial charge is 0.273 e. The Morgan fingerprint density at radius 3 is 2.69 bits per heavy atom. The topological polar surface area (TPSA) is 61.4 Å². The zero-order chi connectivity index (χ0) is 11.7. The van der Waals surface area contributed by atoms with Crippen molar-refractivity contribution in [3.8, 4) is 5.75 Å². The molecule has 1 fully saturated rings. The molecule has 1 heterocycles. The summed E-state index contributed by atoms with van der Waals surface area (Å²) < 4.78 is 0. The number of carbonyl (C=O) groups is 1. The molecule has 1 aromatic carbocycles. The first kappa shape index (κ1) is 10.9. The monoisotopic (exact) mass is 254 g/mol. The van der Waals surface area contributed by atoms with Gasteiger partial charge in [-0.05, 0) is 36.0 Å². The highest BCUT2D eigenvalue weighted by molar-refractivity contribution is 7.80. The highest BCUT2D eigenvalue weighted by Gasteiger charge is 2.19. The standard InChI is InChI=1S/C10H7ClN2O2S/c11-6-3-5(1-2-8(6)14)4-7-9(15)13-10(16)12-7/h1-4,14H,(H2,12,13,15,16)/b7-4+. The van der Waals surface area contributed by atoms with Crippen molar-refractivity contribution in [1.29, 1.82) is 0 Å². The van der Waals surface area contributed by atoms with E-state index in [-0.39, 0.29) is 21.8 Å². The predicted molar refractivity (Wildman–Crippen MR) is 65.0 cm³/mol. The maximum absolute atomic E-state index is 11.3. The normalized spacial score (nSPS) is 17.4. The molecule has 0 radical (unpaired) electrons. The number of phenolic OH excluding ortho intramolecular Hbond substituents is 1. The van der Waals surface area contributed by atoms with Crippen LogP contribution in [0, 0.1) is 0 Å². The van der Waals surface area contributed by atoms with Crippen LogP contribution in [0.2, 0.25) is 5.02 Å². The Bertz CT molecular complexity index is 514. The summed E-state index contributed by atoms with van der Waals surface area (Å²) in [5.74, 6) is -0.280. The molecule has 1 aromatic rings. The molecule has 16 heavy (non-hydrogen) atoms. The molecule has 1 aliphatic rings. The molecule has 0 bridgehead atoms. The zero-order valence-corrected chi connectivity index (χ0v) is 9.52. The maximum Gasteiger partial charge on any atom is 0.273 e. The number of aromatic hydroxyl groups is 1. The van der Waals surface area contributed by atoms with E-state index < -0.39 is 0 Å². The number of nitrogens with one attached hydrogen (secondary N) is 2. The van der Waals surface area contributed by atoms with Crippen LogP contribution >= 0.6 is 23.8 Å². The number of thiocarbonyl (C=S) groups is 1. The highest BCUT2D eigenvalue weighted by atomic mass is 35.5. The summed E-state index contributed by atoms with van der Waals surface area (Å²) in [7, 11) is 0. The molecule has 1 saturated heterocycles. The Morgan fingerprint density at radius 2 is 2.12 bits per heavy atom. The van der Waals surface area contributed by atoms with Crippen LogP contribution < -0.4 is 10.6 Å². The Labute approximate surface area is 102 Å². The van der Waals surface area contributed by atoms with Crippen LogP contribution in [-0.4, -0.2) is 16.1 Å².